The quantitative estimate of drug-likeness (QED) is 0.330. The van der Waals surface area contributed by atoms with E-state index in [4.69, 9.17) is 15.9 Å². The summed E-state index contributed by atoms with van der Waals surface area (Å²) in [6.07, 6.45) is 6.39. The van der Waals surface area contributed by atoms with Crippen molar-refractivity contribution in [2.24, 2.45) is 5.10 Å². The van der Waals surface area contributed by atoms with E-state index < -0.39 is 17.6 Å². The van der Waals surface area contributed by atoms with Gasteiger partial charge in [0.15, 0.2) is 11.5 Å². The minimum Gasteiger partial charge on any atom is -0.493 e. The summed E-state index contributed by atoms with van der Waals surface area (Å²) in [5.41, 5.74) is 3.02. The molecule has 0 bridgehead atoms. The molecule has 0 aliphatic heterocycles. The van der Waals surface area contributed by atoms with Gasteiger partial charge in [-0.3, -0.25) is 9.59 Å². The summed E-state index contributed by atoms with van der Waals surface area (Å²) in [5.74, 6) is 1.79. The number of hydrazone groups is 1. The van der Waals surface area contributed by atoms with Crippen LogP contribution in [0.2, 0.25) is 0 Å². The second-order valence-corrected chi connectivity index (χ2v) is 6.70. The van der Waals surface area contributed by atoms with Gasteiger partial charge in [0.2, 0.25) is 11.8 Å². The number of amides is 2. The SMILES string of the molecule is C#CCOc1c(Br)cc(C=NNC(=O)CCC(=O)Nc2ccccc2F)cc1OC. The van der Waals surface area contributed by atoms with Gasteiger partial charge < -0.3 is 14.8 Å². The Kier molecular flexibility index (Phi) is 8.84. The summed E-state index contributed by atoms with van der Waals surface area (Å²) >= 11 is 3.37. The Morgan fingerprint density at radius 2 is 2.00 bits per heavy atom. The predicted molar refractivity (Wildman–Crippen MR) is 115 cm³/mol. The summed E-state index contributed by atoms with van der Waals surface area (Å²) in [5, 5.41) is 6.27. The van der Waals surface area contributed by atoms with E-state index in [1.54, 1.807) is 18.2 Å². The number of nitrogens with zero attached hydrogens (tertiary/aromatic N) is 1. The molecule has 0 aliphatic rings. The summed E-state index contributed by atoms with van der Waals surface area (Å²) in [4.78, 5) is 23.7. The number of rotatable bonds is 9. The number of ether oxygens (including phenoxy) is 2. The van der Waals surface area contributed by atoms with Crippen LogP contribution in [-0.2, 0) is 9.59 Å². The molecule has 0 aromatic heterocycles. The molecular formula is C21H19BrFN3O4. The van der Waals surface area contributed by atoms with Gasteiger partial charge in [0, 0.05) is 12.8 Å². The topological polar surface area (TPSA) is 89.0 Å². The molecule has 0 aliphatic carbocycles. The lowest BCUT2D eigenvalue weighted by Gasteiger charge is -2.11. The van der Waals surface area contributed by atoms with Crippen molar-refractivity contribution in [3.05, 3.63) is 52.3 Å². The minimum atomic E-state index is -0.544. The zero-order chi connectivity index (χ0) is 21.9. The fourth-order valence-electron chi connectivity index (χ4n) is 2.31. The van der Waals surface area contributed by atoms with Gasteiger partial charge in [-0.2, -0.15) is 5.10 Å². The van der Waals surface area contributed by atoms with Crippen LogP contribution in [0.4, 0.5) is 10.1 Å². The van der Waals surface area contributed by atoms with Gasteiger partial charge >= 0.3 is 0 Å². The van der Waals surface area contributed by atoms with Crippen LogP contribution in [-0.4, -0.2) is 31.7 Å². The maximum absolute atomic E-state index is 13.5. The first-order valence-corrected chi connectivity index (χ1v) is 9.54. The number of carbonyl (C=O) groups excluding carboxylic acids is 2. The number of halogens is 2. The fraction of sp³-hybridized carbons (Fsp3) is 0.190. The van der Waals surface area contributed by atoms with Gasteiger partial charge in [0.25, 0.3) is 0 Å². The van der Waals surface area contributed by atoms with Gasteiger partial charge in [-0.1, -0.05) is 18.1 Å². The molecule has 0 saturated carbocycles. The average molecular weight is 476 g/mol. The van der Waals surface area contributed by atoms with E-state index in [1.165, 1.54) is 31.5 Å². The normalized spacial score (nSPS) is 10.3. The lowest BCUT2D eigenvalue weighted by Crippen LogP contribution is -2.21. The van der Waals surface area contributed by atoms with Crippen LogP contribution in [0.3, 0.4) is 0 Å². The first-order chi connectivity index (χ1) is 14.4. The Morgan fingerprint density at radius 1 is 1.27 bits per heavy atom. The molecular weight excluding hydrogens is 457 g/mol. The van der Waals surface area contributed by atoms with Gasteiger partial charge in [0.05, 0.1) is 23.5 Å². The largest absolute Gasteiger partial charge is 0.493 e. The minimum absolute atomic E-state index is 0.0649. The zero-order valence-electron chi connectivity index (χ0n) is 16.1. The van der Waals surface area contributed by atoms with Crippen molar-refractivity contribution in [2.45, 2.75) is 12.8 Å². The highest BCUT2D eigenvalue weighted by atomic mass is 79.9. The Balaban J connectivity index is 1.87. The van der Waals surface area contributed by atoms with E-state index >= 15 is 0 Å². The molecule has 2 aromatic rings. The molecule has 0 unspecified atom stereocenters. The van der Waals surface area contributed by atoms with Crippen LogP contribution in [0.5, 0.6) is 11.5 Å². The maximum Gasteiger partial charge on any atom is 0.240 e. The predicted octanol–water partition coefficient (Wildman–Crippen LogP) is 3.48. The molecule has 0 atom stereocenters. The van der Waals surface area contributed by atoms with Crippen LogP contribution in [0.1, 0.15) is 18.4 Å². The number of methoxy groups -OCH3 is 1. The number of anilines is 1. The summed E-state index contributed by atoms with van der Waals surface area (Å²) < 4.78 is 24.8. The highest BCUT2D eigenvalue weighted by Crippen LogP contribution is 2.36. The van der Waals surface area contributed by atoms with E-state index in [0.717, 1.165) is 0 Å². The number of carbonyl (C=O) groups is 2. The van der Waals surface area contributed by atoms with Crippen molar-refractivity contribution in [1.82, 2.24) is 5.43 Å². The molecule has 2 amide bonds. The van der Waals surface area contributed by atoms with E-state index in [1.807, 2.05) is 0 Å². The number of hydrogen-bond acceptors (Lipinski definition) is 5. The average Bonchev–Trinajstić information content (AvgIpc) is 2.73. The van der Waals surface area contributed by atoms with Crippen LogP contribution in [0.15, 0.2) is 46.0 Å². The molecule has 30 heavy (non-hydrogen) atoms. The Labute approximate surface area is 181 Å². The summed E-state index contributed by atoms with van der Waals surface area (Å²) in [6, 6.07) is 9.16. The van der Waals surface area contributed by atoms with Gasteiger partial charge in [-0.05, 0) is 45.8 Å². The van der Waals surface area contributed by atoms with E-state index in [9.17, 15) is 14.0 Å². The fourth-order valence-corrected chi connectivity index (χ4v) is 2.88. The first kappa shape index (κ1) is 22.9. The molecule has 0 saturated heterocycles. The number of terminal acetylenes is 1. The molecule has 9 heteroatoms. The summed E-state index contributed by atoms with van der Waals surface area (Å²) in [6.45, 7) is 0.0863. The highest BCUT2D eigenvalue weighted by molar-refractivity contribution is 9.10. The Morgan fingerprint density at radius 3 is 2.70 bits per heavy atom. The van der Waals surface area contributed by atoms with Crippen LogP contribution >= 0.6 is 15.9 Å². The Bertz CT molecular complexity index is 989. The molecule has 2 N–H and O–H groups in total. The smallest absolute Gasteiger partial charge is 0.240 e. The van der Waals surface area contributed by atoms with Crippen molar-refractivity contribution >= 4 is 39.6 Å². The third kappa shape index (κ3) is 6.90. The van der Waals surface area contributed by atoms with E-state index in [-0.39, 0.29) is 25.1 Å². The van der Waals surface area contributed by atoms with Gasteiger partial charge in [-0.25, -0.2) is 9.82 Å². The van der Waals surface area contributed by atoms with Crippen LogP contribution in [0, 0.1) is 18.2 Å². The molecule has 2 rings (SSSR count). The van der Waals surface area contributed by atoms with E-state index in [2.05, 4.69) is 37.7 Å². The number of nitrogens with one attached hydrogen (secondary N) is 2. The second kappa shape index (κ2) is 11.6. The Hall–Kier alpha value is -3.38. The molecule has 7 nitrogen and oxygen atoms in total. The van der Waals surface area contributed by atoms with Crippen LogP contribution < -0.4 is 20.2 Å². The standard InChI is InChI=1S/C21H19BrFN3O4/c1-3-10-30-21-15(22)11-14(12-18(21)29-2)13-24-26-20(28)9-8-19(27)25-17-7-5-4-6-16(17)23/h1,4-7,11-13H,8-10H2,2H3,(H,25,27)(H,26,28). The third-order valence-electron chi connectivity index (χ3n) is 3.68. The lowest BCUT2D eigenvalue weighted by atomic mass is 10.2. The molecule has 0 radical (unpaired) electrons. The van der Waals surface area contributed by atoms with E-state index in [0.29, 0.717) is 21.5 Å². The van der Waals surface area contributed by atoms with Crippen molar-refractivity contribution in [3.8, 4) is 23.8 Å². The molecule has 156 valence electrons. The number of benzene rings is 2. The van der Waals surface area contributed by atoms with Crippen molar-refractivity contribution in [3.63, 3.8) is 0 Å². The molecule has 2 aromatic carbocycles. The van der Waals surface area contributed by atoms with Gasteiger partial charge in [-0.15, -0.1) is 6.42 Å². The van der Waals surface area contributed by atoms with Crippen molar-refractivity contribution in [2.75, 3.05) is 19.0 Å². The lowest BCUT2D eigenvalue weighted by molar-refractivity contribution is -0.124. The van der Waals surface area contributed by atoms with Crippen molar-refractivity contribution < 1.29 is 23.5 Å². The number of para-hydroxylation sites is 1. The third-order valence-corrected chi connectivity index (χ3v) is 4.27. The van der Waals surface area contributed by atoms with Gasteiger partial charge in [0.1, 0.15) is 12.4 Å². The monoisotopic (exact) mass is 475 g/mol. The van der Waals surface area contributed by atoms with Crippen LogP contribution in [0.25, 0.3) is 0 Å². The molecule has 0 spiro atoms. The first-order valence-electron chi connectivity index (χ1n) is 8.74. The maximum atomic E-state index is 13.5. The van der Waals surface area contributed by atoms with Crippen molar-refractivity contribution in [1.29, 1.82) is 0 Å². The molecule has 0 fully saturated rings. The highest BCUT2D eigenvalue weighted by Gasteiger charge is 2.11. The zero-order valence-corrected chi connectivity index (χ0v) is 17.7. The molecule has 0 heterocycles. The second-order valence-electron chi connectivity index (χ2n) is 5.85. The number of hydrogen-bond donors (Lipinski definition) is 2. The summed E-state index contributed by atoms with van der Waals surface area (Å²) in [7, 11) is 1.49.